The first kappa shape index (κ1) is 15.4. The van der Waals surface area contributed by atoms with Gasteiger partial charge in [-0.2, -0.15) is 5.10 Å². The molecule has 1 aromatic heterocycles. The molecule has 1 fully saturated rings. The van der Waals surface area contributed by atoms with Crippen LogP contribution in [-0.4, -0.2) is 32.7 Å². The second-order valence-electron chi connectivity index (χ2n) is 5.11. The molecule has 1 aliphatic rings. The van der Waals surface area contributed by atoms with Crippen molar-refractivity contribution in [1.82, 2.24) is 25.4 Å². The van der Waals surface area contributed by atoms with Gasteiger partial charge in [0.25, 0.3) is 5.91 Å². The Bertz CT molecular complexity index is 791. The van der Waals surface area contributed by atoms with Crippen LogP contribution in [0.2, 0.25) is 5.02 Å². The van der Waals surface area contributed by atoms with E-state index in [2.05, 4.69) is 20.7 Å². The molecule has 1 saturated heterocycles. The van der Waals surface area contributed by atoms with Crippen LogP contribution in [0.3, 0.4) is 0 Å². The zero-order valence-corrected chi connectivity index (χ0v) is 12.9. The Labute approximate surface area is 135 Å². The van der Waals surface area contributed by atoms with E-state index in [-0.39, 0.29) is 16.6 Å². The van der Waals surface area contributed by atoms with Crippen molar-refractivity contribution in [2.75, 3.05) is 0 Å². The van der Waals surface area contributed by atoms with Gasteiger partial charge in [-0.05, 0) is 25.5 Å². The molecule has 1 atom stereocenters. The van der Waals surface area contributed by atoms with E-state index in [0.29, 0.717) is 24.5 Å². The fourth-order valence-electron chi connectivity index (χ4n) is 2.41. The number of nitrogens with one attached hydrogen (secondary N) is 2. The van der Waals surface area contributed by atoms with Gasteiger partial charge in [-0.3, -0.25) is 10.1 Å². The minimum atomic E-state index is -0.628. The number of amides is 3. The number of aromatic nitrogens is 3. The highest BCUT2D eigenvalue weighted by atomic mass is 35.5. The molecular weight excluding hydrogens is 325 g/mol. The predicted molar refractivity (Wildman–Crippen MR) is 79.8 cm³/mol. The predicted octanol–water partition coefficient (Wildman–Crippen LogP) is 1.51. The van der Waals surface area contributed by atoms with Crippen molar-refractivity contribution in [2.45, 2.75) is 25.8 Å². The quantitative estimate of drug-likeness (QED) is 0.828. The van der Waals surface area contributed by atoms with Gasteiger partial charge in [0.2, 0.25) is 0 Å². The Morgan fingerprint density at radius 3 is 2.87 bits per heavy atom. The lowest BCUT2D eigenvalue weighted by molar-refractivity contribution is -0.120. The van der Waals surface area contributed by atoms with E-state index < -0.39 is 17.9 Å². The van der Waals surface area contributed by atoms with E-state index in [1.807, 2.05) is 0 Å². The topological polar surface area (TPSA) is 88.9 Å². The minimum Gasteiger partial charge on any atom is -0.326 e. The van der Waals surface area contributed by atoms with Crippen LogP contribution in [0.4, 0.5) is 9.18 Å². The third-order valence-corrected chi connectivity index (χ3v) is 3.75. The zero-order valence-electron chi connectivity index (χ0n) is 12.1. The van der Waals surface area contributed by atoms with Gasteiger partial charge in [-0.1, -0.05) is 17.7 Å². The van der Waals surface area contributed by atoms with Crippen LogP contribution in [-0.2, 0) is 11.2 Å². The van der Waals surface area contributed by atoms with Crippen molar-refractivity contribution in [2.24, 2.45) is 0 Å². The van der Waals surface area contributed by atoms with Crippen molar-refractivity contribution in [1.29, 1.82) is 0 Å². The summed E-state index contributed by atoms with van der Waals surface area (Å²) in [5.74, 6) is -0.0177. The van der Waals surface area contributed by atoms with Crippen molar-refractivity contribution in [3.05, 3.63) is 40.7 Å². The van der Waals surface area contributed by atoms with Gasteiger partial charge in [0, 0.05) is 6.42 Å². The summed E-state index contributed by atoms with van der Waals surface area (Å²) in [5, 5.41) is 8.84. The summed E-state index contributed by atoms with van der Waals surface area (Å²) in [4.78, 5) is 26.9. The molecule has 3 rings (SSSR count). The summed E-state index contributed by atoms with van der Waals surface area (Å²) < 4.78 is 15.6. The molecule has 1 aliphatic heterocycles. The summed E-state index contributed by atoms with van der Waals surface area (Å²) in [7, 11) is 0. The first-order chi connectivity index (χ1) is 11.0. The van der Waals surface area contributed by atoms with Gasteiger partial charge in [-0.15, -0.1) is 0 Å². The van der Waals surface area contributed by atoms with Crippen LogP contribution < -0.4 is 10.6 Å². The van der Waals surface area contributed by atoms with Crippen LogP contribution in [0.5, 0.6) is 0 Å². The Kier molecular flexibility index (Phi) is 3.99. The number of carbonyl (C=O) groups excluding carboxylic acids is 2. The number of nitrogens with zero attached hydrogens (tertiary/aromatic N) is 3. The summed E-state index contributed by atoms with van der Waals surface area (Å²) in [5.41, 5.74) is 0.188. The molecule has 1 unspecified atom stereocenters. The molecule has 0 aliphatic carbocycles. The third-order valence-electron chi connectivity index (χ3n) is 3.45. The second-order valence-corrected chi connectivity index (χ2v) is 5.52. The van der Waals surface area contributed by atoms with Crippen molar-refractivity contribution in [3.63, 3.8) is 0 Å². The monoisotopic (exact) mass is 337 g/mol. The number of urea groups is 1. The number of hydrogen-bond donors (Lipinski definition) is 2. The Balaban J connectivity index is 1.85. The Morgan fingerprint density at radius 1 is 1.39 bits per heavy atom. The first-order valence-electron chi connectivity index (χ1n) is 6.94. The van der Waals surface area contributed by atoms with E-state index in [4.69, 9.17) is 11.6 Å². The molecule has 9 heteroatoms. The van der Waals surface area contributed by atoms with Crippen LogP contribution in [0.1, 0.15) is 18.1 Å². The van der Waals surface area contributed by atoms with Gasteiger partial charge in [0.05, 0.1) is 5.02 Å². The normalized spacial score (nSPS) is 17.3. The van der Waals surface area contributed by atoms with Gasteiger partial charge in [-0.25, -0.2) is 18.9 Å². The highest BCUT2D eigenvalue weighted by molar-refractivity contribution is 6.30. The number of imide groups is 1. The van der Waals surface area contributed by atoms with E-state index in [1.54, 1.807) is 19.1 Å². The number of hydrogen-bond acceptors (Lipinski definition) is 4. The Hall–Kier alpha value is -2.48. The number of carbonyl (C=O) groups is 2. The minimum absolute atomic E-state index is 0.0102. The van der Waals surface area contributed by atoms with E-state index in [0.717, 1.165) is 0 Å². The van der Waals surface area contributed by atoms with Crippen LogP contribution in [0.25, 0.3) is 5.69 Å². The standard InChI is InChI=1S/C14H13ClFN5O2/c1-7-17-11(6-5-9-13(22)19-14(23)18-9)21(20-7)10-4-2-3-8(15)12(10)16/h2-4,9H,5-6H2,1H3,(H2,18,19,22,23). The zero-order chi connectivity index (χ0) is 16.6. The maximum absolute atomic E-state index is 14.2. The van der Waals surface area contributed by atoms with Crippen LogP contribution >= 0.6 is 11.6 Å². The highest BCUT2D eigenvalue weighted by Crippen LogP contribution is 2.22. The van der Waals surface area contributed by atoms with Gasteiger partial charge < -0.3 is 5.32 Å². The molecule has 0 spiro atoms. The number of rotatable bonds is 4. The van der Waals surface area contributed by atoms with E-state index in [1.165, 1.54) is 10.7 Å². The van der Waals surface area contributed by atoms with Crippen molar-refractivity contribution < 1.29 is 14.0 Å². The molecule has 0 saturated carbocycles. The maximum atomic E-state index is 14.2. The van der Waals surface area contributed by atoms with Gasteiger partial charge in [0.1, 0.15) is 23.4 Å². The largest absolute Gasteiger partial charge is 0.326 e. The molecule has 2 heterocycles. The third kappa shape index (κ3) is 3.02. The summed E-state index contributed by atoms with van der Waals surface area (Å²) in [6.45, 7) is 1.69. The highest BCUT2D eigenvalue weighted by Gasteiger charge is 2.29. The lowest BCUT2D eigenvalue weighted by Gasteiger charge is -2.09. The molecule has 120 valence electrons. The fraction of sp³-hybridized carbons (Fsp3) is 0.286. The molecule has 0 bridgehead atoms. The maximum Gasteiger partial charge on any atom is 0.322 e. The second kappa shape index (κ2) is 5.96. The average molecular weight is 338 g/mol. The number of benzene rings is 1. The summed E-state index contributed by atoms with van der Waals surface area (Å²) >= 11 is 5.80. The molecule has 0 radical (unpaired) electrons. The van der Waals surface area contributed by atoms with Crippen molar-refractivity contribution >= 4 is 23.5 Å². The lowest BCUT2D eigenvalue weighted by atomic mass is 10.1. The summed E-state index contributed by atoms with van der Waals surface area (Å²) in [6.07, 6.45) is 0.670. The molecule has 3 amide bonds. The van der Waals surface area contributed by atoms with Gasteiger partial charge >= 0.3 is 6.03 Å². The molecule has 7 nitrogen and oxygen atoms in total. The number of aryl methyl sites for hydroxylation is 2. The van der Waals surface area contributed by atoms with Gasteiger partial charge in [0.15, 0.2) is 5.82 Å². The Morgan fingerprint density at radius 2 is 2.17 bits per heavy atom. The smallest absolute Gasteiger partial charge is 0.322 e. The molecule has 2 N–H and O–H groups in total. The lowest BCUT2D eigenvalue weighted by Crippen LogP contribution is -2.29. The first-order valence-corrected chi connectivity index (χ1v) is 7.32. The fourth-order valence-corrected chi connectivity index (χ4v) is 2.57. The van der Waals surface area contributed by atoms with E-state index in [9.17, 15) is 14.0 Å². The average Bonchev–Trinajstić information content (AvgIpc) is 3.01. The van der Waals surface area contributed by atoms with Crippen LogP contribution in [0.15, 0.2) is 18.2 Å². The van der Waals surface area contributed by atoms with E-state index >= 15 is 0 Å². The SMILES string of the molecule is Cc1nc(CCC2NC(=O)NC2=O)n(-c2cccc(Cl)c2F)n1. The van der Waals surface area contributed by atoms with Crippen molar-refractivity contribution in [3.8, 4) is 5.69 Å². The molecular formula is C14H13ClFN5O2. The molecule has 1 aromatic carbocycles. The van der Waals surface area contributed by atoms with Crippen LogP contribution in [0, 0.1) is 12.7 Å². The summed E-state index contributed by atoms with van der Waals surface area (Å²) in [6, 6.07) is 3.47. The number of halogens is 2. The molecule has 23 heavy (non-hydrogen) atoms. The molecule has 2 aromatic rings.